The van der Waals surface area contributed by atoms with Crippen molar-refractivity contribution < 1.29 is 17.9 Å². The molecule has 156 valence electrons. The van der Waals surface area contributed by atoms with Crippen LogP contribution in [0.3, 0.4) is 0 Å². The van der Waals surface area contributed by atoms with Gasteiger partial charge in [-0.1, -0.05) is 29.8 Å². The number of nitrogens with one attached hydrogen (secondary N) is 1. The van der Waals surface area contributed by atoms with Crippen molar-refractivity contribution in [1.82, 2.24) is 9.21 Å². The van der Waals surface area contributed by atoms with E-state index in [4.69, 9.17) is 16.3 Å². The number of anilines is 1. The van der Waals surface area contributed by atoms with Gasteiger partial charge in [-0.2, -0.15) is 4.31 Å². The molecule has 9 heteroatoms. The third kappa shape index (κ3) is 5.48. The number of hydrogen-bond acceptors (Lipinski definition) is 5. The van der Waals surface area contributed by atoms with Crippen molar-refractivity contribution in [2.45, 2.75) is 11.3 Å². The SMILES string of the molecule is COc1ccccc1NC(=O)CCN1CCN(S(=O)(=O)c2cccc(Cl)c2)CC1. The molecule has 1 heterocycles. The van der Waals surface area contributed by atoms with Crippen LogP contribution in [0.15, 0.2) is 53.4 Å². The lowest BCUT2D eigenvalue weighted by Gasteiger charge is -2.33. The molecule has 2 aromatic carbocycles. The number of hydrogen-bond donors (Lipinski definition) is 1. The topological polar surface area (TPSA) is 79.0 Å². The minimum Gasteiger partial charge on any atom is -0.495 e. The molecule has 0 unspecified atom stereocenters. The van der Waals surface area contributed by atoms with Crippen LogP contribution in [0, 0.1) is 0 Å². The fraction of sp³-hybridized carbons (Fsp3) is 0.350. The van der Waals surface area contributed by atoms with Gasteiger partial charge in [-0.05, 0) is 30.3 Å². The second-order valence-electron chi connectivity index (χ2n) is 6.70. The highest BCUT2D eigenvalue weighted by Crippen LogP contribution is 2.23. The normalized spacial score (nSPS) is 15.8. The van der Waals surface area contributed by atoms with E-state index in [-0.39, 0.29) is 10.8 Å². The molecular formula is C20H24ClN3O4S. The van der Waals surface area contributed by atoms with E-state index < -0.39 is 10.0 Å². The Balaban J connectivity index is 1.49. The third-order valence-corrected chi connectivity index (χ3v) is 6.93. The summed E-state index contributed by atoms with van der Waals surface area (Å²) in [7, 11) is -2.00. The van der Waals surface area contributed by atoms with Gasteiger partial charge in [0.25, 0.3) is 0 Å². The molecule has 0 saturated carbocycles. The summed E-state index contributed by atoms with van der Waals surface area (Å²) in [4.78, 5) is 14.5. The highest BCUT2D eigenvalue weighted by Gasteiger charge is 2.28. The second-order valence-corrected chi connectivity index (χ2v) is 9.08. The number of halogens is 1. The first-order chi connectivity index (χ1) is 13.9. The second kappa shape index (κ2) is 9.58. The number of para-hydroxylation sites is 2. The average Bonchev–Trinajstić information content (AvgIpc) is 2.73. The average molecular weight is 438 g/mol. The highest BCUT2D eigenvalue weighted by atomic mass is 35.5. The van der Waals surface area contributed by atoms with Gasteiger partial charge >= 0.3 is 0 Å². The number of carbonyl (C=O) groups is 1. The van der Waals surface area contributed by atoms with Crippen LogP contribution in [0.2, 0.25) is 5.02 Å². The van der Waals surface area contributed by atoms with Crippen LogP contribution in [0.4, 0.5) is 5.69 Å². The van der Waals surface area contributed by atoms with Crippen LogP contribution >= 0.6 is 11.6 Å². The number of piperazine rings is 1. The Morgan fingerprint density at radius 2 is 1.83 bits per heavy atom. The van der Waals surface area contributed by atoms with Gasteiger partial charge in [0.15, 0.2) is 0 Å². The number of nitrogens with zero attached hydrogens (tertiary/aromatic N) is 2. The van der Waals surface area contributed by atoms with E-state index in [0.29, 0.717) is 55.6 Å². The lowest BCUT2D eigenvalue weighted by molar-refractivity contribution is -0.116. The van der Waals surface area contributed by atoms with Crippen molar-refractivity contribution in [2.24, 2.45) is 0 Å². The van der Waals surface area contributed by atoms with Gasteiger partial charge in [0.05, 0.1) is 17.7 Å². The first-order valence-corrected chi connectivity index (χ1v) is 11.1. The monoisotopic (exact) mass is 437 g/mol. The molecule has 2 aromatic rings. The molecule has 1 aliphatic heterocycles. The molecule has 1 N–H and O–H groups in total. The number of amides is 1. The minimum absolute atomic E-state index is 0.108. The van der Waals surface area contributed by atoms with Crippen LogP contribution < -0.4 is 10.1 Å². The Morgan fingerprint density at radius 3 is 2.52 bits per heavy atom. The van der Waals surface area contributed by atoms with E-state index in [1.165, 1.54) is 10.4 Å². The zero-order chi connectivity index (χ0) is 20.9. The Hall–Kier alpha value is -2.13. The summed E-state index contributed by atoms with van der Waals surface area (Å²) in [5, 5.41) is 3.25. The first kappa shape index (κ1) is 21.6. The quantitative estimate of drug-likeness (QED) is 0.720. The van der Waals surface area contributed by atoms with E-state index in [1.807, 2.05) is 12.1 Å². The lowest BCUT2D eigenvalue weighted by atomic mass is 10.2. The summed E-state index contributed by atoms with van der Waals surface area (Å²) in [5.41, 5.74) is 0.637. The van der Waals surface area contributed by atoms with Crippen LogP contribution in [0.5, 0.6) is 5.75 Å². The maximum atomic E-state index is 12.7. The van der Waals surface area contributed by atoms with Crippen molar-refractivity contribution in [2.75, 3.05) is 45.2 Å². The fourth-order valence-corrected chi connectivity index (χ4v) is 4.91. The van der Waals surface area contributed by atoms with Gasteiger partial charge < -0.3 is 15.0 Å². The van der Waals surface area contributed by atoms with Crippen LogP contribution in [0.1, 0.15) is 6.42 Å². The largest absolute Gasteiger partial charge is 0.495 e. The number of rotatable bonds is 7. The maximum absolute atomic E-state index is 12.7. The molecule has 0 aromatic heterocycles. The molecule has 0 aliphatic carbocycles. The Bertz CT molecular complexity index is 960. The standard InChI is InChI=1S/C20H24ClN3O4S/c1-28-19-8-3-2-7-18(19)22-20(25)9-10-23-11-13-24(14-12-23)29(26,27)17-6-4-5-16(21)15-17/h2-8,15H,9-14H2,1H3,(H,22,25). The highest BCUT2D eigenvalue weighted by molar-refractivity contribution is 7.89. The van der Waals surface area contributed by atoms with Crippen LogP contribution in [-0.4, -0.2) is 63.4 Å². The summed E-state index contributed by atoms with van der Waals surface area (Å²) in [6, 6.07) is 13.5. The number of methoxy groups -OCH3 is 1. The molecule has 0 radical (unpaired) electrons. The van der Waals surface area contributed by atoms with Crippen molar-refractivity contribution >= 4 is 33.2 Å². The summed E-state index contributed by atoms with van der Waals surface area (Å²) in [6.07, 6.45) is 0.319. The number of ether oxygens (including phenoxy) is 1. The van der Waals surface area contributed by atoms with Crippen molar-refractivity contribution in [3.63, 3.8) is 0 Å². The fourth-order valence-electron chi connectivity index (χ4n) is 3.19. The van der Waals surface area contributed by atoms with Crippen molar-refractivity contribution in [3.8, 4) is 5.75 Å². The van der Waals surface area contributed by atoms with E-state index >= 15 is 0 Å². The molecule has 29 heavy (non-hydrogen) atoms. The summed E-state index contributed by atoms with van der Waals surface area (Å²) in [5.74, 6) is 0.504. The van der Waals surface area contributed by atoms with Crippen LogP contribution in [0.25, 0.3) is 0 Å². The van der Waals surface area contributed by atoms with E-state index in [1.54, 1.807) is 37.4 Å². The number of carbonyl (C=O) groups excluding carboxylic acids is 1. The Morgan fingerprint density at radius 1 is 1.10 bits per heavy atom. The molecule has 0 bridgehead atoms. The predicted molar refractivity (Wildman–Crippen MR) is 113 cm³/mol. The number of sulfonamides is 1. The predicted octanol–water partition coefficient (Wildman–Crippen LogP) is 2.68. The summed E-state index contributed by atoms with van der Waals surface area (Å²) >= 11 is 5.92. The molecular weight excluding hydrogens is 414 g/mol. The first-order valence-electron chi connectivity index (χ1n) is 9.31. The molecule has 1 aliphatic rings. The van der Waals surface area contributed by atoms with E-state index in [2.05, 4.69) is 10.2 Å². The minimum atomic E-state index is -3.56. The molecule has 0 atom stereocenters. The van der Waals surface area contributed by atoms with Crippen molar-refractivity contribution in [3.05, 3.63) is 53.6 Å². The van der Waals surface area contributed by atoms with E-state index in [9.17, 15) is 13.2 Å². The van der Waals surface area contributed by atoms with Gasteiger partial charge in [0.2, 0.25) is 15.9 Å². The maximum Gasteiger partial charge on any atom is 0.243 e. The molecule has 1 fully saturated rings. The van der Waals surface area contributed by atoms with Gasteiger partial charge in [0.1, 0.15) is 5.75 Å². The summed E-state index contributed by atoms with van der Waals surface area (Å²) in [6.45, 7) is 2.46. The zero-order valence-electron chi connectivity index (χ0n) is 16.2. The van der Waals surface area contributed by atoms with Gasteiger partial charge in [-0.3, -0.25) is 4.79 Å². The zero-order valence-corrected chi connectivity index (χ0v) is 17.7. The molecule has 1 amide bonds. The molecule has 7 nitrogen and oxygen atoms in total. The van der Waals surface area contributed by atoms with Crippen LogP contribution in [-0.2, 0) is 14.8 Å². The number of benzene rings is 2. The lowest BCUT2D eigenvalue weighted by Crippen LogP contribution is -2.49. The van der Waals surface area contributed by atoms with Gasteiger partial charge in [-0.25, -0.2) is 8.42 Å². The molecule has 1 saturated heterocycles. The summed E-state index contributed by atoms with van der Waals surface area (Å²) < 4.78 is 32.2. The Kier molecular flexibility index (Phi) is 7.13. The van der Waals surface area contributed by atoms with Gasteiger partial charge in [-0.15, -0.1) is 0 Å². The molecule has 3 rings (SSSR count). The smallest absolute Gasteiger partial charge is 0.243 e. The van der Waals surface area contributed by atoms with Crippen molar-refractivity contribution in [1.29, 1.82) is 0 Å². The molecule has 0 spiro atoms. The van der Waals surface area contributed by atoms with E-state index in [0.717, 1.165) is 0 Å². The third-order valence-electron chi connectivity index (χ3n) is 4.80. The Labute approximate surface area is 176 Å². The van der Waals surface area contributed by atoms with Gasteiger partial charge in [0, 0.05) is 44.2 Å².